The first-order valence-electron chi connectivity index (χ1n) is 13.1. The smallest absolute Gasteiger partial charge is 0.254 e. The summed E-state index contributed by atoms with van der Waals surface area (Å²) in [5.74, 6) is 0.940. The lowest BCUT2D eigenvalue weighted by Gasteiger charge is -2.40. The molecule has 0 saturated heterocycles. The van der Waals surface area contributed by atoms with Crippen molar-refractivity contribution < 1.29 is 28.5 Å². The Hall–Kier alpha value is -3.46. The zero-order valence-corrected chi connectivity index (χ0v) is 23.6. The van der Waals surface area contributed by atoms with Crippen molar-refractivity contribution in [2.75, 3.05) is 61.7 Å². The van der Waals surface area contributed by atoms with Crippen LogP contribution in [0.25, 0.3) is 0 Å². The van der Waals surface area contributed by atoms with Gasteiger partial charge in [-0.25, -0.2) is 0 Å². The van der Waals surface area contributed by atoms with Gasteiger partial charge in [-0.15, -0.1) is 0 Å². The molecule has 0 bridgehead atoms. The van der Waals surface area contributed by atoms with Crippen molar-refractivity contribution in [2.45, 2.75) is 38.6 Å². The molecule has 1 aliphatic heterocycles. The van der Waals surface area contributed by atoms with E-state index in [9.17, 15) is 9.59 Å². The molecule has 1 heterocycles. The molecular formula is C29H41N3O6. The zero-order chi connectivity index (χ0) is 27.8. The summed E-state index contributed by atoms with van der Waals surface area (Å²) in [5.41, 5.74) is 1.78. The number of methoxy groups -OCH3 is 4. The van der Waals surface area contributed by atoms with Gasteiger partial charge in [0, 0.05) is 25.7 Å². The molecule has 208 valence electrons. The Balaban J connectivity index is 2.05. The minimum absolute atomic E-state index is 0.163. The van der Waals surface area contributed by atoms with Gasteiger partial charge in [0.1, 0.15) is 0 Å². The molecule has 9 heteroatoms. The van der Waals surface area contributed by atoms with Crippen LogP contribution in [-0.4, -0.2) is 83.3 Å². The van der Waals surface area contributed by atoms with Crippen molar-refractivity contribution in [3.8, 4) is 23.0 Å². The standard InChI is InChI=1S/C29H41N3O6/c1-8-10-14-32(9-2)15-13-30-28(33)26-20-17-24(37-6)25(38-7)18-21(20)29(34)31(3)27(26)19-11-12-22(35-4)23(16-19)36-5/h11-12,16-18,26-27H,8-10,13-15H2,1-7H3,(H,30,33)/t26-,27+/m1/s1. The number of rotatable bonds is 13. The van der Waals surface area contributed by atoms with Crippen molar-refractivity contribution in [1.82, 2.24) is 15.1 Å². The van der Waals surface area contributed by atoms with Gasteiger partial charge in [0.15, 0.2) is 23.0 Å². The van der Waals surface area contributed by atoms with E-state index in [1.54, 1.807) is 44.4 Å². The molecule has 2 aromatic rings. The molecule has 2 amide bonds. The maximum absolute atomic E-state index is 13.9. The maximum Gasteiger partial charge on any atom is 0.254 e. The lowest BCUT2D eigenvalue weighted by Crippen LogP contribution is -2.46. The van der Waals surface area contributed by atoms with Crippen LogP contribution < -0.4 is 24.3 Å². The van der Waals surface area contributed by atoms with E-state index in [0.717, 1.165) is 38.0 Å². The monoisotopic (exact) mass is 527 g/mol. The maximum atomic E-state index is 13.9. The van der Waals surface area contributed by atoms with Crippen LogP contribution in [0.5, 0.6) is 23.0 Å². The molecule has 0 saturated carbocycles. The number of fused-ring (bicyclic) bond motifs is 1. The SMILES string of the molecule is CCCCN(CC)CCNC(=O)[C@@H]1c2cc(OC)c(OC)cc2C(=O)N(C)[C@H]1c1ccc(OC)c(OC)c1. The van der Waals surface area contributed by atoms with E-state index in [2.05, 4.69) is 24.1 Å². The molecule has 0 fully saturated rings. The van der Waals surface area contributed by atoms with Crippen molar-refractivity contribution in [3.63, 3.8) is 0 Å². The fraction of sp³-hybridized carbons (Fsp3) is 0.517. The van der Waals surface area contributed by atoms with Crippen LogP contribution in [0, 0.1) is 0 Å². The fourth-order valence-corrected chi connectivity index (χ4v) is 5.04. The van der Waals surface area contributed by atoms with Gasteiger partial charge >= 0.3 is 0 Å². The van der Waals surface area contributed by atoms with E-state index < -0.39 is 12.0 Å². The first-order chi connectivity index (χ1) is 18.3. The summed E-state index contributed by atoms with van der Waals surface area (Å²) in [7, 11) is 7.91. The van der Waals surface area contributed by atoms with Crippen LogP contribution in [0.3, 0.4) is 0 Å². The van der Waals surface area contributed by atoms with E-state index in [0.29, 0.717) is 40.7 Å². The predicted octanol–water partition coefficient (Wildman–Crippen LogP) is 3.87. The summed E-state index contributed by atoms with van der Waals surface area (Å²) in [6.45, 7) is 7.48. The Kier molecular flexibility index (Phi) is 10.2. The van der Waals surface area contributed by atoms with E-state index in [4.69, 9.17) is 18.9 Å². The average molecular weight is 528 g/mol. The van der Waals surface area contributed by atoms with E-state index >= 15 is 0 Å². The Morgan fingerprint density at radius 1 is 0.921 bits per heavy atom. The van der Waals surface area contributed by atoms with Crippen LogP contribution in [0.15, 0.2) is 30.3 Å². The van der Waals surface area contributed by atoms with Crippen molar-refractivity contribution in [3.05, 3.63) is 47.0 Å². The molecular weight excluding hydrogens is 486 g/mol. The molecule has 0 aliphatic carbocycles. The van der Waals surface area contributed by atoms with Crippen molar-refractivity contribution in [1.29, 1.82) is 0 Å². The number of nitrogens with one attached hydrogen (secondary N) is 1. The van der Waals surface area contributed by atoms with Gasteiger partial charge in [0.2, 0.25) is 5.91 Å². The average Bonchev–Trinajstić information content (AvgIpc) is 2.95. The quantitative estimate of drug-likeness (QED) is 0.423. The lowest BCUT2D eigenvalue weighted by atomic mass is 9.79. The number of amides is 2. The highest BCUT2D eigenvalue weighted by molar-refractivity contribution is 6.02. The van der Waals surface area contributed by atoms with Crippen molar-refractivity contribution >= 4 is 11.8 Å². The summed E-state index contributed by atoms with van der Waals surface area (Å²) in [4.78, 5) is 31.4. The van der Waals surface area contributed by atoms with E-state index in [1.165, 1.54) is 14.2 Å². The molecule has 1 N–H and O–H groups in total. The molecule has 0 radical (unpaired) electrons. The molecule has 9 nitrogen and oxygen atoms in total. The number of ether oxygens (including phenoxy) is 4. The van der Waals surface area contributed by atoms with Gasteiger partial charge in [-0.2, -0.15) is 0 Å². The van der Waals surface area contributed by atoms with Gasteiger partial charge in [0.25, 0.3) is 5.91 Å². The Bertz CT molecular complexity index is 1120. The van der Waals surface area contributed by atoms with Gasteiger partial charge < -0.3 is 34.1 Å². The summed E-state index contributed by atoms with van der Waals surface area (Å²) in [5, 5.41) is 3.14. The second-order valence-electron chi connectivity index (χ2n) is 9.33. The second-order valence-corrected chi connectivity index (χ2v) is 9.33. The summed E-state index contributed by atoms with van der Waals surface area (Å²) >= 11 is 0. The molecule has 1 aliphatic rings. The number of hydrogen-bond acceptors (Lipinski definition) is 7. The molecule has 3 rings (SSSR count). The highest BCUT2D eigenvalue weighted by atomic mass is 16.5. The van der Waals surface area contributed by atoms with Crippen LogP contribution in [-0.2, 0) is 4.79 Å². The molecule has 0 spiro atoms. The van der Waals surface area contributed by atoms with Crippen LogP contribution in [0.4, 0.5) is 0 Å². The van der Waals surface area contributed by atoms with Gasteiger partial charge in [-0.1, -0.05) is 26.3 Å². The first kappa shape index (κ1) is 29.1. The summed E-state index contributed by atoms with van der Waals surface area (Å²) in [6, 6.07) is 8.31. The minimum Gasteiger partial charge on any atom is -0.493 e. The largest absolute Gasteiger partial charge is 0.493 e. The van der Waals surface area contributed by atoms with Crippen LogP contribution in [0.1, 0.15) is 60.1 Å². The third-order valence-electron chi connectivity index (χ3n) is 7.21. The van der Waals surface area contributed by atoms with E-state index in [-0.39, 0.29) is 11.8 Å². The third kappa shape index (κ3) is 5.99. The number of hydrogen-bond donors (Lipinski definition) is 1. The van der Waals surface area contributed by atoms with Gasteiger partial charge in [0.05, 0.1) is 40.4 Å². The first-order valence-corrected chi connectivity index (χ1v) is 13.1. The topological polar surface area (TPSA) is 89.6 Å². The van der Waals surface area contributed by atoms with Gasteiger partial charge in [-0.3, -0.25) is 9.59 Å². The van der Waals surface area contributed by atoms with Gasteiger partial charge in [-0.05, 0) is 54.9 Å². The Morgan fingerprint density at radius 2 is 1.55 bits per heavy atom. The Morgan fingerprint density at radius 3 is 2.16 bits per heavy atom. The lowest BCUT2D eigenvalue weighted by molar-refractivity contribution is -0.124. The fourth-order valence-electron chi connectivity index (χ4n) is 5.04. The zero-order valence-electron chi connectivity index (χ0n) is 23.6. The van der Waals surface area contributed by atoms with Crippen molar-refractivity contribution in [2.24, 2.45) is 0 Å². The highest BCUT2D eigenvalue weighted by Crippen LogP contribution is 2.46. The number of carbonyl (C=O) groups is 2. The number of likely N-dealkylation sites (N-methyl/N-ethyl adjacent to an activating group) is 2. The number of carbonyl (C=O) groups excluding carboxylic acids is 2. The molecule has 2 aromatic carbocycles. The van der Waals surface area contributed by atoms with Crippen LogP contribution in [0.2, 0.25) is 0 Å². The minimum atomic E-state index is -0.684. The van der Waals surface area contributed by atoms with E-state index in [1.807, 2.05) is 12.1 Å². The molecule has 0 aromatic heterocycles. The summed E-state index contributed by atoms with van der Waals surface area (Å²) in [6.07, 6.45) is 2.24. The number of benzene rings is 2. The van der Waals surface area contributed by atoms with Crippen LogP contribution >= 0.6 is 0 Å². The molecule has 38 heavy (non-hydrogen) atoms. The number of unbranched alkanes of at least 4 members (excludes halogenated alkanes) is 1. The Labute approximate surface area is 226 Å². The summed E-state index contributed by atoms with van der Waals surface area (Å²) < 4.78 is 21.9. The predicted molar refractivity (Wildman–Crippen MR) is 147 cm³/mol. The molecule has 2 atom stereocenters. The second kappa shape index (κ2) is 13.4. The molecule has 0 unspecified atom stereocenters. The third-order valence-corrected chi connectivity index (χ3v) is 7.21. The number of nitrogens with zero attached hydrogens (tertiary/aromatic N) is 2. The highest BCUT2D eigenvalue weighted by Gasteiger charge is 2.43. The normalized spacial score (nSPS) is 16.7.